The molecule has 1 atom stereocenters. The Morgan fingerprint density at radius 2 is 2.47 bits per heavy atom. The number of likely N-dealkylation sites (N-methyl/N-ethyl adjacent to an activating group) is 1. The number of nitrogens with one attached hydrogen (secondary N) is 1. The van der Waals surface area contributed by atoms with Crippen LogP contribution in [0.4, 0.5) is 0 Å². The molecule has 1 aliphatic rings. The molecule has 0 aliphatic carbocycles. The lowest BCUT2D eigenvalue weighted by Crippen LogP contribution is -2.10. The van der Waals surface area contributed by atoms with Gasteiger partial charge in [-0.1, -0.05) is 5.16 Å². The van der Waals surface area contributed by atoms with E-state index in [1.165, 1.54) is 0 Å². The summed E-state index contributed by atoms with van der Waals surface area (Å²) in [6, 6.07) is 0. The standard InChI is InChI=1S/C10H17N3O2/c1-11-4-2-10-12-9(13-15-10)6-8-3-5-14-7-8/h8,11H,2-7H2,1H3. The summed E-state index contributed by atoms with van der Waals surface area (Å²) in [7, 11) is 1.91. The van der Waals surface area contributed by atoms with Gasteiger partial charge in [-0.3, -0.25) is 0 Å². The van der Waals surface area contributed by atoms with E-state index in [2.05, 4.69) is 15.5 Å². The first-order valence-corrected chi connectivity index (χ1v) is 5.42. The molecular weight excluding hydrogens is 194 g/mol. The maximum Gasteiger partial charge on any atom is 0.227 e. The Kier molecular flexibility index (Phi) is 3.69. The largest absolute Gasteiger partial charge is 0.381 e. The third kappa shape index (κ3) is 3.00. The monoisotopic (exact) mass is 211 g/mol. The van der Waals surface area contributed by atoms with Gasteiger partial charge in [0.05, 0.1) is 0 Å². The highest BCUT2D eigenvalue weighted by molar-refractivity contribution is 4.89. The Bertz CT molecular complexity index is 295. The number of hydrogen-bond donors (Lipinski definition) is 1. The molecule has 1 N–H and O–H groups in total. The number of rotatable bonds is 5. The van der Waals surface area contributed by atoms with Gasteiger partial charge in [0.2, 0.25) is 5.89 Å². The molecule has 0 radical (unpaired) electrons. The molecule has 5 nitrogen and oxygen atoms in total. The fourth-order valence-electron chi connectivity index (χ4n) is 1.71. The van der Waals surface area contributed by atoms with E-state index in [0.29, 0.717) is 5.92 Å². The Morgan fingerprint density at radius 1 is 1.53 bits per heavy atom. The third-order valence-electron chi connectivity index (χ3n) is 2.59. The summed E-state index contributed by atoms with van der Waals surface area (Å²) in [5.74, 6) is 2.11. The van der Waals surface area contributed by atoms with Gasteiger partial charge in [0.15, 0.2) is 5.82 Å². The summed E-state index contributed by atoms with van der Waals surface area (Å²) < 4.78 is 10.4. The number of nitrogens with zero attached hydrogens (tertiary/aromatic N) is 2. The molecule has 1 fully saturated rings. The van der Waals surface area contributed by atoms with Crippen LogP contribution in [0.15, 0.2) is 4.52 Å². The zero-order valence-corrected chi connectivity index (χ0v) is 9.03. The van der Waals surface area contributed by atoms with Crippen LogP contribution >= 0.6 is 0 Å². The summed E-state index contributed by atoms with van der Waals surface area (Å²) in [6.45, 7) is 2.57. The highest BCUT2D eigenvalue weighted by Gasteiger charge is 2.18. The predicted octanol–water partition coefficient (Wildman–Crippen LogP) is 0.410. The normalized spacial score (nSPS) is 21.0. The van der Waals surface area contributed by atoms with Crippen molar-refractivity contribution in [3.8, 4) is 0 Å². The predicted molar refractivity (Wildman–Crippen MR) is 54.6 cm³/mol. The average Bonchev–Trinajstić information content (AvgIpc) is 2.87. The fraction of sp³-hybridized carbons (Fsp3) is 0.800. The molecule has 1 saturated heterocycles. The van der Waals surface area contributed by atoms with Crippen molar-refractivity contribution in [2.45, 2.75) is 19.3 Å². The van der Waals surface area contributed by atoms with Gasteiger partial charge in [-0.2, -0.15) is 4.98 Å². The highest BCUT2D eigenvalue weighted by atomic mass is 16.5. The summed E-state index contributed by atoms with van der Waals surface area (Å²) in [5.41, 5.74) is 0. The van der Waals surface area contributed by atoms with E-state index >= 15 is 0 Å². The zero-order valence-electron chi connectivity index (χ0n) is 9.03. The lowest BCUT2D eigenvalue weighted by molar-refractivity contribution is 0.185. The van der Waals surface area contributed by atoms with Crippen LogP contribution in [-0.4, -0.2) is 36.9 Å². The lowest BCUT2D eigenvalue weighted by atomic mass is 10.1. The van der Waals surface area contributed by atoms with Crippen LogP contribution in [0, 0.1) is 5.92 Å². The minimum atomic E-state index is 0.569. The molecule has 5 heteroatoms. The molecule has 1 aromatic heterocycles. The van der Waals surface area contributed by atoms with E-state index in [0.717, 1.165) is 50.7 Å². The van der Waals surface area contributed by atoms with E-state index in [-0.39, 0.29) is 0 Å². The minimum absolute atomic E-state index is 0.569. The molecule has 2 rings (SSSR count). The van der Waals surface area contributed by atoms with E-state index in [1.807, 2.05) is 7.05 Å². The first kappa shape index (κ1) is 10.6. The van der Waals surface area contributed by atoms with Crippen LogP contribution in [-0.2, 0) is 17.6 Å². The molecule has 0 bridgehead atoms. The van der Waals surface area contributed by atoms with Crippen molar-refractivity contribution in [3.63, 3.8) is 0 Å². The number of hydrogen-bond acceptors (Lipinski definition) is 5. The minimum Gasteiger partial charge on any atom is -0.381 e. The van der Waals surface area contributed by atoms with Crippen LogP contribution in [0.3, 0.4) is 0 Å². The summed E-state index contributed by atoms with van der Waals surface area (Å²) in [6.07, 6.45) is 2.79. The Morgan fingerprint density at radius 3 is 3.20 bits per heavy atom. The molecule has 0 aromatic carbocycles. The van der Waals surface area contributed by atoms with Crippen molar-refractivity contribution < 1.29 is 9.26 Å². The summed E-state index contributed by atoms with van der Waals surface area (Å²) in [5, 5.41) is 7.01. The second-order valence-electron chi connectivity index (χ2n) is 3.89. The topological polar surface area (TPSA) is 60.2 Å². The van der Waals surface area contributed by atoms with Crippen LogP contribution < -0.4 is 5.32 Å². The van der Waals surface area contributed by atoms with Crippen LogP contribution in [0.5, 0.6) is 0 Å². The van der Waals surface area contributed by atoms with Gasteiger partial charge >= 0.3 is 0 Å². The van der Waals surface area contributed by atoms with Crippen molar-refractivity contribution in [1.29, 1.82) is 0 Å². The smallest absolute Gasteiger partial charge is 0.227 e. The average molecular weight is 211 g/mol. The molecule has 2 heterocycles. The third-order valence-corrected chi connectivity index (χ3v) is 2.59. The molecular formula is C10H17N3O2. The van der Waals surface area contributed by atoms with E-state index < -0.39 is 0 Å². The van der Waals surface area contributed by atoms with Gasteiger partial charge in [-0.25, -0.2) is 0 Å². The van der Waals surface area contributed by atoms with Crippen LogP contribution in [0.1, 0.15) is 18.1 Å². The Hall–Kier alpha value is -0.940. The van der Waals surface area contributed by atoms with Gasteiger partial charge in [0.25, 0.3) is 0 Å². The maximum atomic E-state index is 5.30. The van der Waals surface area contributed by atoms with Gasteiger partial charge in [0.1, 0.15) is 0 Å². The highest BCUT2D eigenvalue weighted by Crippen LogP contribution is 2.16. The number of ether oxygens (including phenoxy) is 1. The van der Waals surface area contributed by atoms with Crippen LogP contribution in [0.25, 0.3) is 0 Å². The molecule has 1 aromatic rings. The van der Waals surface area contributed by atoms with E-state index in [9.17, 15) is 0 Å². The maximum absolute atomic E-state index is 5.30. The first-order chi connectivity index (χ1) is 7.38. The fourth-order valence-corrected chi connectivity index (χ4v) is 1.71. The quantitative estimate of drug-likeness (QED) is 0.764. The number of aromatic nitrogens is 2. The molecule has 1 unspecified atom stereocenters. The lowest BCUT2D eigenvalue weighted by Gasteiger charge is -2.00. The second kappa shape index (κ2) is 5.23. The zero-order chi connectivity index (χ0) is 10.5. The molecule has 15 heavy (non-hydrogen) atoms. The van der Waals surface area contributed by atoms with Gasteiger partial charge < -0.3 is 14.6 Å². The van der Waals surface area contributed by atoms with Crippen molar-refractivity contribution in [3.05, 3.63) is 11.7 Å². The summed E-state index contributed by atoms with van der Waals surface area (Å²) >= 11 is 0. The Labute approximate surface area is 89.2 Å². The summed E-state index contributed by atoms with van der Waals surface area (Å²) in [4.78, 5) is 4.34. The van der Waals surface area contributed by atoms with Crippen molar-refractivity contribution in [1.82, 2.24) is 15.5 Å². The molecule has 0 saturated carbocycles. The van der Waals surface area contributed by atoms with Crippen molar-refractivity contribution in [2.75, 3.05) is 26.8 Å². The van der Waals surface area contributed by atoms with Crippen molar-refractivity contribution in [2.24, 2.45) is 5.92 Å². The van der Waals surface area contributed by atoms with Gasteiger partial charge in [0, 0.05) is 32.6 Å². The van der Waals surface area contributed by atoms with Gasteiger partial charge in [-0.05, 0) is 19.4 Å². The second-order valence-corrected chi connectivity index (χ2v) is 3.89. The van der Waals surface area contributed by atoms with Gasteiger partial charge in [-0.15, -0.1) is 0 Å². The molecule has 84 valence electrons. The van der Waals surface area contributed by atoms with E-state index in [4.69, 9.17) is 9.26 Å². The molecule has 0 amide bonds. The molecule has 1 aliphatic heterocycles. The first-order valence-electron chi connectivity index (χ1n) is 5.42. The van der Waals surface area contributed by atoms with Crippen LogP contribution in [0.2, 0.25) is 0 Å². The molecule has 0 spiro atoms. The van der Waals surface area contributed by atoms with E-state index in [1.54, 1.807) is 0 Å². The Balaban J connectivity index is 1.83. The van der Waals surface area contributed by atoms with Crippen molar-refractivity contribution >= 4 is 0 Å². The SMILES string of the molecule is CNCCc1nc(CC2CCOC2)no1.